The van der Waals surface area contributed by atoms with Gasteiger partial charge < -0.3 is 4.90 Å². The van der Waals surface area contributed by atoms with E-state index in [-0.39, 0.29) is 5.54 Å². The minimum absolute atomic E-state index is 0.00169. The van der Waals surface area contributed by atoms with E-state index in [0.717, 1.165) is 29.2 Å². The summed E-state index contributed by atoms with van der Waals surface area (Å²) in [5.74, 6) is 0. The van der Waals surface area contributed by atoms with Crippen LogP contribution in [0.1, 0.15) is 43.4 Å². The highest BCUT2D eigenvalue weighted by Crippen LogP contribution is 2.33. The lowest BCUT2D eigenvalue weighted by molar-refractivity contribution is 0.191. The van der Waals surface area contributed by atoms with Crippen LogP contribution in [0.5, 0.6) is 0 Å². The monoisotopic (exact) mass is 307 g/mol. The van der Waals surface area contributed by atoms with Gasteiger partial charge in [0.05, 0.1) is 30.0 Å². The van der Waals surface area contributed by atoms with Crippen LogP contribution in [0.25, 0.3) is 5.03 Å². The molecule has 0 aliphatic carbocycles. The highest BCUT2D eigenvalue weighted by molar-refractivity contribution is 6.48. The Balaban J connectivity index is 1.95. The summed E-state index contributed by atoms with van der Waals surface area (Å²) in [6, 6.07) is 0. The summed E-state index contributed by atoms with van der Waals surface area (Å²) in [6.45, 7) is 9.64. The zero-order valence-corrected chi connectivity index (χ0v) is 13.3. The number of rotatable bonds is 2. The van der Waals surface area contributed by atoms with Gasteiger partial charge in [-0.25, -0.2) is 4.63 Å². The average molecular weight is 308 g/mol. The third kappa shape index (κ3) is 2.55. The van der Waals surface area contributed by atoms with Crippen molar-refractivity contribution in [3.05, 3.63) is 35.0 Å². The van der Waals surface area contributed by atoms with Gasteiger partial charge in [0.15, 0.2) is 0 Å². The summed E-state index contributed by atoms with van der Waals surface area (Å²) in [4.78, 5) is 2.21. The van der Waals surface area contributed by atoms with Gasteiger partial charge in [-0.2, -0.15) is 5.10 Å². The molecule has 0 saturated heterocycles. The first-order chi connectivity index (χ1) is 9.86. The molecule has 1 aliphatic heterocycles. The van der Waals surface area contributed by atoms with E-state index in [0.29, 0.717) is 11.6 Å². The minimum atomic E-state index is -0.00169. The van der Waals surface area contributed by atoms with Gasteiger partial charge in [0.2, 0.25) is 0 Å². The number of hydrogen-bond donors (Lipinski definition) is 0. The maximum absolute atomic E-state index is 6.39. The zero-order valence-electron chi connectivity index (χ0n) is 12.6. The highest BCUT2D eigenvalue weighted by atomic mass is 35.5. The van der Waals surface area contributed by atoms with Gasteiger partial charge in [-0.1, -0.05) is 21.9 Å². The molecule has 2 aromatic heterocycles. The van der Waals surface area contributed by atoms with Gasteiger partial charge in [-0.3, -0.25) is 4.68 Å². The molecule has 0 saturated carbocycles. The highest BCUT2D eigenvalue weighted by Gasteiger charge is 2.27. The molecule has 112 valence electrons. The van der Waals surface area contributed by atoms with E-state index in [1.807, 2.05) is 17.8 Å². The molecule has 0 radical (unpaired) electrons. The summed E-state index contributed by atoms with van der Waals surface area (Å²) >= 11 is 6.39. The largest absolute Gasteiger partial charge is 0.365 e. The van der Waals surface area contributed by atoms with E-state index in [1.165, 1.54) is 0 Å². The molecule has 0 aromatic carbocycles. The van der Waals surface area contributed by atoms with E-state index in [9.17, 15) is 0 Å². The van der Waals surface area contributed by atoms with Gasteiger partial charge in [-0.15, -0.1) is 0 Å². The standard InChI is InChI=1S/C14H18ClN5O/c1-9-12(18-21-17-9)7-20-13-8-19(14(2,3)4)6-11(15)10(13)5-16-20/h5-6H,7-8H2,1-4H3. The molecule has 0 spiro atoms. The normalized spacial score (nSPS) is 15.1. The molecular weight excluding hydrogens is 290 g/mol. The molecule has 0 bridgehead atoms. The average Bonchev–Trinajstić information content (AvgIpc) is 2.97. The second-order valence-electron chi connectivity index (χ2n) is 6.23. The van der Waals surface area contributed by atoms with Gasteiger partial charge in [0.25, 0.3) is 0 Å². The van der Waals surface area contributed by atoms with E-state index in [2.05, 4.69) is 41.1 Å². The van der Waals surface area contributed by atoms with Crippen molar-refractivity contribution in [3.8, 4) is 0 Å². The third-order valence-corrected chi connectivity index (χ3v) is 4.00. The van der Waals surface area contributed by atoms with E-state index in [1.54, 1.807) is 6.20 Å². The second-order valence-corrected chi connectivity index (χ2v) is 6.64. The van der Waals surface area contributed by atoms with Crippen molar-refractivity contribution >= 4 is 16.6 Å². The molecule has 0 fully saturated rings. The van der Waals surface area contributed by atoms with Crippen molar-refractivity contribution in [3.63, 3.8) is 0 Å². The smallest absolute Gasteiger partial charge is 0.129 e. The van der Waals surface area contributed by atoms with Gasteiger partial charge in [-0.05, 0) is 27.7 Å². The molecule has 1 aliphatic rings. The molecule has 0 amide bonds. The molecule has 6 nitrogen and oxygen atoms in total. The van der Waals surface area contributed by atoms with Crippen LogP contribution in [0.3, 0.4) is 0 Å². The lowest BCUT2D eigenvalue weighted by Gasteiger charge is -2.37. The number of aryl methyl sites for hydroxylation is 1. The van der Waals surface area contributed by atoms with Crippen molar-refractivity contribution < 1.29 is 4.63 Å². The molecule has 3 heterocycles. The molecule has 0 unspecified atom stereocenters. The Labute approximate surface area is 128 Å². The van der Waals surface area contributed by atoms with Crippen molar-refractivity contribution in [2.45, 2.75) is 46.3 Å². The predicted octanol–water partition coefficient (Wildman–Crippen LogP) is 2.77. The first-order valence-electron chi connectivity index (χ1n) is 6.83. The number of aromatic nitrogens is 4. The molecule has 7 heteroatoms. The second kappa shape index (κ2) is 4.87. The first kappa shape index (κ1) is 14.1. The van der Waals surface area contributed by atoms with Gasteiger partial charge in [0, 0.05) is 17.3 Å². The van der Waals surface area contributed by atoms with Crippen molar-refractivity contribution in [1.29, 1.82) is 0 Å². The Hall–Kier alpha value is -1.82. The van der Waals surface area contributed by atoms with Crippen molar-refractivity contribution in [2.24, 2.45) is 0 Å². The molecular formula is C14H18ClN5O. The van der Waals surface area contributed by atoms with Crippen LogP contribution in [-0.4, -0.2) is 30.5 Å². The number of fused-ring (bicyclic) bond motifs is 1. The van der Waals surface area contributed by atoms with Gasteiger partial charge in [0.1, 0.15) is 11.4 Å². The Bertz CT molecular complexity index is 695. The Morgan fingerprint density at radius 2 is 2.10 bits per heavy atom. The van der Waals surface area contributed by atoms with Crippen LogP contribution >= 0.6 is 11.6 Å². The lowest BCUT2D eigenvalue weighted by Crippen LogP contribution is -2.38. The van der Waals surface area contributed by atoms with Crippen LogP contribution in [0, 0.1) is 6.92 Å². The van der Waals surface area contributed by atoms with Gasteiger partial charge >= 0.3 is 0 Å². The van der Waals surface area contributed by atoms with Crippen molar-refractivity contribution in [2.75, 3.05) is 0 Å². The van der Waals surface area contributed by atoms with Crippen LogP contribution in [-0.2, 0) is 13.1 Å². The predicted molar refractivity (Wildman–Crippen MR) is 79.5 cm³/mol. The molecule has 0 atom stereocenters. The summed E-state index contributed by atoms with van der Waals surface area (Å²) in [7, 11) is 0. The summed E-state index contributed by atoms with van der Waals surface area (Å²) in [5.41, 5.74) is 3.63. The molecule has 0 N–H and O–H groups in total. The van der Waals surface area contributed by atoms with Crippen LogP contribution in [0.15, 0.2) is 17.0 Å². The fourth-order valence-electron chi connectivity index (χ4n) is 2.29. The summed E-state index contributed by atoms with van der Waals surface area (Å²) in [5, 5.41) is 12.9. The third-order valence-electron chi connectivity index (χ3n) is 3.70. The fourth-order valence-corrected chi connectivity index (χ4v) is 2.57. The molecule has 21 heavy (non-hydrogen) atoms. The maximum Gasteiger partial charge on any atom is 0.129 e. The fraction of sp³-hybridized carbons (Fsp3) is 0.500. The van der Waals surface area contributed by atoms with E-state index < -0.39 is 0 Å². The van der Waals surface area contributed by atoms with E-state index in [4.69, 9.17) is 16.2 Å². The summed E-state index contributed by atoms with van der Waals surface area (Å²) < 4.78 is 6.66. The van der Waals surface area contributed by atoms with Crippen LogP contribution in [0.4, 0.5) is 0 Å². The lowest BCUT2D eigenvalue weighted by atomic mass is 10.0. The first-order valence-corrected chi connectivity index (χ1v) is 7.21. The molecule has 2 aromatic rings. The Morgan fingerprint density at radius 3 is 2.71 bits per heavy atom. The van der Waals surface area contributed by atoms with Crippen molar-refractivity contribution in [1.82, 2.24) is 25.0 Å². The quantitative estimate of drug-likeness (QED) is 0.854. The molecule has 3 rings (SSSR count). The summed E-state index contributed by atoms with van der Waals surface area (Å²) in [6.07, 6.45) is 3.79. The maximum atomic E-state index is 6.39. The van der Waals surface area contributed by atoms with Crippen LogP contribution in [0.2, 0.25) is 0 Å². The number of nitrogens with zero attached hydrogens (tertiary/aromatic N) is 5. The zero-order chi connectivity index (χ0) is 15.2. The number of halogens is 1. The number of hydrogen-bond acceptors (Lipinski definition) is 5. The SMILES string of the molecule is Cc1nonc1Cn1ncc2c1CN(C(C)(C)C)C=C2Cl. The minimum Gasteiger partial charge on any atom is -0.365 e. The topological polar surface area (TPSA) is 60.0 Å². The Morgan fingerprint density at radius 1 is 1.33 bits per heavy atom. The van der Waals surface area contributed by atoms with E-state index >= 15 is 0 Å². The Kier molecular flexibility index (Phi) is 3.28. The van der Waals surface area contributed by atoms with Crippen LogP contribution < -0.4 is 0 Å².